The van der Waals surface area contributed by atoms with Gasteiger partial charge in [-0.1, -0.05) is 50.5 Å². The number of nitrogens with one attached hydrogen (secondary N) is 1. The zero-order valence-electron chi connectivity index (χ0n) is 16.5. The van der Waals surface area contributed by atoms with Crippen molar-refractivity contribution < 1.29 is 14.3 Å². The van der Waals surface area contributed by atoms with Crippen LogP contribution in [0.2, 0.25) is 0 Å². The highest BCUT2D eigenvalue weighted by molar-refractivity contribution is 6.02. The zero-order chi connectivity index (χ0) is 19.5. The Morgan fingerprint density at radius 1 is 1.07 bits per heavy atom. The molecule has 0 aliphatic heterocycles. The number of amides is 1. The number of rotatable bonds is 10. The van der Waals surface area contributed by atoms with Crippen LogP contribution in [0.15, 0.2) is 48.5 Å². The normalized spacial score (nSPS) is 10.8. The quantitative estimate of drug-likeness (QED) is 0.438. The van der Waals surface area contributed by atoms with E-state index in [4.69, 9.17) is 9.47 Å². The molecule has 0 aromatic heterocycles. The number of carbonyl (C=O) groups excluding carboxylic acids is 1. The molecule has 1 N–H and O–H groups in total. The van der Waals surface area contributed by atoms with Gasteiger partial charge in [0.25, 0.3) is 0 Å². The second-order valence-electron chi connectivity index (χ2n) is 6.46. The van der Waals surface area contributed by atoms with Crippen LogP contribution in [0, 0.1) is 6.92 Å². The Morgan fingerprint density at radius 2 is 1.89 bits per heavy atom. The lowest BCUT2D eigenvalue weighted by molar-refractivity contribution is -0.111. The first-order chi connectivity index (χ1) is 13.1. The summed E-state index contributed by atoms with van der Waals surface area (Å²) in [6.45, 7) is 4.84. The van der Waals surface area contributed by atoms with Gasteiger partial charge in [-0.05, 0) is 48.7 Å². The van der Waals surface area contributed by atoms with E-state index in [2.05, 4.69) is 12.2 Å². The second kappa shape index (κ2) is 11.1. The van der Waals surface area contributed by atoms with Crippen molar-refractivity contribution in [2.24, 2.45) is 0 Å². The number of aryl methyl sites for hydroxylation is 1. The molecular formula is C23H29NO3. The third-order valence-electron chi connectivity index (χ3n) is 4.27. The minimum absolute atomic E-state index is 0.167. The van der Waals surface area contributed by atoms with Crippen LogP contribution in [-0.4, -0.2) is 19.6 Å². The van der Waals surface area contributed by atoms with E-state index in [9.17, 15) is 4.79 Å². The van der Waals surface area contributed by atoms with Gasteiger partial charge in [-0.2, -0.15) is 0 Å². The standard InChI is InChI=1S/C23H29NO3/c1-4-5-6-9-16-27-21-14-12-19(17-22(21)26-3)13-15-23(25)24-20-11-8-7-10-18(20)2/h7-8,10-15,17H,4-6,9,16H2,1-3H3,(H,24,25)/b15-13+. The summed E-state index contributed by atoms with van der Waals surface area (Å²) >= 11 is 0. The molecule has 4 nitrogen and oxygen atoms in total. The molecular weight excluding hydrogens is 338 g/mol. The smallest absolute Gasteiger partial charge is 0.248 e. The SMILES string of the molecule is CCCCCCOc1ccc(/C=C/C(=O)Nc2ccccc2C)cc1OC. The van der Waals surface area contributed by atoms with E-state index in [0.717, 1.165) is 29.0 Å². The van der Waals surface area contributed by atoms with Crippen LogP contribution in [0.25, 0.3) is 6.08 Å². The highest BCUT2D eigenvalue weighted by Gasteiger charge is 2.05. The van der Waals surface area contributed by atoms with Crippen molar-refractivity contribution >= 4 is 17.7 Å². The predicted octanol–water partition coefficient (Wildman–Crippen LogP) is 5.61. The Kier molecular flexibility index (Phi) is 8.43. The Balaban J connectivity index is 1.94. The van der Waals surface area contributed by atoms with E-state index in [0.29, 0.717) is 12.4 Å². The van der Waals surface area contributed by atoms with Crippen molar-refractivity contribution in [1.29, 1.82) is 0 Å². The van der Waals surface area contributed by atoms with Crippen LogP contribution in [0.5, 0.6) is 11.5 Å². The topological polar surface area (TPSA) is 47.6 Å². The first-order valence-electron chi connectivity index (χ1n) is 9.49. The van der Waals surface area contributed by atoms with Crippen LogP contribution in [0.4, 0.5) is 5.69 Å². The summed E-state index contributed by atoms with van der Waals surface area (Å²) < 4.78 is 11.2. The molecule has 0 fully saturated rings. The maximum Gasteiger partial charge on any atom is 0.248 e. The lowest BCUT2D eigenvalue weighted by Crippen LogP contribution is -2.08. The number of carbonyl (C=O) groups is 1. The van der Waals surface area contributed by atoms with Crippen LogP contribution < -0.4 is 14.8 Å². The predicted molar refractivity (Wildman–Crippen MR) is 111 cm³/mol. The molecule has 2 aromatic carbocycles. The van der Waals surface area contributed by atoms with Gasteiger partial charge in [0.05, 0.1) is 13.7 Å². The third kappa shape index (κ3) is 6.81. The van der Waals surface area contributed by atoms with Gasteiger partial charge in [-0.25, -0.2) is 0 Å². The average molecular weight is 367 g/mol. The molecule has 1 amide bonds. The maximum absolute atomic E-state index is 12.1. The molecule has 0 saturated heterocycles. The number of ether oxygens (including phenoxy) is 2. The number of methoxy groups -OCH3 is 1. The fraction of sp³-hybridized carbons (Fsp3) is 0.348. The minimum atomic E-state index is -0.167. The lowest BCUT2D eigenvalue weighted by atomic mass is 10.1. The van der Waals surface area contributed by atoms with Crippen LogP contribution in [0.1, 0.15) is 43.7 Å². The van der Waals surface area contributed by atoms with Crippen LogP contribution in [-0.2, 0) is 4.79 Å². The molecule has 27 heavy (non-hydrogen) atoms. The molecule has 2 aromatic rings. The van der Waals surface area contributed by atoms with Crippen LogP contribution >= 0.6 is 0 Å². The van der Waals surface area contributed by atoms with Crippen LogP contribution in [0.3, 0.4) is 0 Å². The summed E-state index contributed by atoms with van der Waals surface area (Å²) in [6.07, 6.45) is 7.94. The molecule has 0 radical (unpaired) electrons. The van der Waals surface area contributed by atoms with Gasteiger partial charge < -0.3 is 14.8 Å². The van der Waals surface area contributed by atoms with E-state index in [1.165, 1.54) is 25.3 Å². The van der Waals surface area contributed by atoms with Gasteiger partial charge in [-0.3, -0.25) is 4.79 Å². The van der Waals surface area contributed by atoms with E-state index in [1.54, 1.807) is 13.2 Å². The number of benzene rings is 2. The molecule has 0 atom stereocenters. The van der Waals surface area contributed by atoms with Gasteiger partial charge in [0.15, 0.2) is 11.5 Å². The van der Waals surface area contributed by atoms with Gasteiger partial charge >= 0.3 is 0 Å². The molecule has 0 spiro atoms. The molecule has 2 rings (SSSR count). The van der Waals surface area contributed by atoms with Gasteiger partial charge in [0.2, 0.25) is 5.91 Å². The average Bonchev–Trinajstić information content (AvgIpc) is 2.68. The molecule has 0 aliphatic rings. The first-order valence-corrected chi connectivity index (χ1v) is 9.49. The Morgan fingerprint density at radius 3 is 2.63 bits per heavy atom. The van der Waals surface area contributed by atoms with Gasteiger partial charge in [-0.15, -0.1) is 0 Å². The molecule has 0 heterocycles. The van der Waals surface area contributed by atoms with Gasteiger partial charge in [0.1, 0.15) is 0 Å². The number of hydrogen-bond donors (Lipinski definition) is 1. The molecule has 0 unspecified atom stereocenters. The largest absolute Gasteiger partial charge is 0.493 e. The lowest BCUT2D eigenvalue weighted by Gasteiger charge is -2.11. The summed E-state index contributed by atoms with van der Waals surface area (Å²) in [7, 11) is 1.62. The monoisotopic (exact) mass is 367 g/mol. The van der Waals surface area contributed by atoms with E-state index in [1.807, 2.05) is 49.4 Å². The fourth-order valence-corrected chi connectivity index (χ4v) is 2.68. The van der Waals surface area contributed by atoms with E-state index < -0.39 is 0 Å². The number of para-hydroxylation sites is 1. The number of unbranched alkanes of at least 4 members (excludes halogenated alkanes) is 3. The second-order valence-corrected chi connectivity index (χ2v) is 6.46. The van der Waals surface area contributed by atoms with Crippen molar-refractivity contribution in [2.45, 2.75) is 39.5 Å². The zero-order valence-corrected chi connectivity index (χ0v) is 16.5. The molecule has 0 saturated carbocycles. The summed E-state index contributed by atoms with van der Waals surface area (Å²) in [5.41, 5.74) is 2.73. The number of hydrogen-bond acceptors (Lipinski definition) is 3. The highest BCUT2D eigenvalue weighted by atomic mass is 16.5. The molecule has 0 bridgehead atoms. The minimum Gasteiger partial charge on any atom is -0.493 e. The fourth-order valence-electron chi connectivity index (χ4n) is 2.68. The summed E-state index contributed by atoms with van der Waals surface area (Å²) in [5, 5.41) is 2.88. The highest BCUT2D eigenvalue weighted by Crippen LogP contribution is 2.28. The Bertz CT molecular complexity index is 768. The van der Waals surface area contributed by atoms with Crippen molar-refractivity contribution in [3.63, 3.8) is 0 Å². The summed E-state index contributed by atoms with van der Waals surface area (Å²) in [5.74, 6) is 1.24. The maximum atomic E-state index is 12.1. The molecule has 4 heteroatoms. The van der Waals surface area contributed by atoms with Gasteiger partial charge in [0, 0.05) is 11.8 Å². The molecule has 144 valence electrons. The van der Waals surface area contributed by atoms with Crippen molar-refractivity contribution in [1.82, 2.24) is 0 Å². The van der Waals surface area contributed by atoms with Crippen molar-refractivity contribution in [2.75, 3.05) is 19.0 Å². The van der Waals surface area contributed by atoms with E-state index >= 15 is 0 Å². The molecule has 0 aliphatic carbocycles. The Labute approximate surface area is 162 Å². The van der Waals surface area contributed by atoms with Crippen molar-refractivity contribution in [3.05, 3.63) is 59.7 Å². The van der Waals surface area contributed by atoms with Crippen molar-refractivity contribution in [3.8, 4) is 11.5 Å². The number of anilines is 1. The first kappa shape index (κ1) is 20.6. The summed E-state index contributed by atoms with van der Waals surface area (Å²) in [4.78, 5) is 12.1. The van der Waals surface area contributed by atoms with E-state index in [-0.39, 0.29) is 5.91 Å². The summed E-state index contributed by atoms with van der Waals surface area (Å²) in [6, 6.07) is 13.4. The Hall–Kier alpha value is -2.75. The third-order valence-corrected chi connectivity index (χ3v) is 4.27.